The monoisotopic (exact) mass is 251 g/mol. The predicted octanol–water partition coefficient (Wildman–Crippen LogP) is 1.57. The van der Waals surface area contributed by atoms with Gasteiger partial charge in [-0.15, -0.1) is 0 Å². The molecule has 0 unspecified atom stereocenters. The number of carboxylic acids is 1. The van der Waals surface area contributed by atoms with Crippen LogP contribution in [0.1, 0.15) is 24.2 Å². The van der Waals surface area contributed by atoms with Crippen molar-refractivity contribution in [3.8, 4) is 5.75 Å². The van der Waals surface area contributed by atoms with Gasteiger partial charge in [0.05, 0.1) is 0 Å². The van der Waals surface area contributed by atoms with Gasteiger partial charge >= 0.3 is 5.97 Å². The molecule has 0 atom stereocenters. The molecule has 1 amide bonds. The minimum atomic E-state index is -1.04. The molecule has 1 rings (SSSR count). The van der Waals surface area contributed by atoms with Gasteiger partial charge in [-0.25, -0.2) is 0 Å². The third-order valence-electron chi connectivity index (χ3n) is 2.31. The van der Waals surface area contributed by atoms with Crippen LogP contribution < -0.4 is 0 Å². The second-order valence-electron chi connectivity index (χ2n) is 4.52. The molecule has 0 heterocycles. The van der Waals surface area contributed by atoms with Crippen LogP contribution in [0.25, 0.3) is 0 Å². The van der Waals surface area contributed by atoms with Crippen molar-refractivity contribution in [3.63, 3.8) is 0 Å². The minimum Gasteiger partial charge on any atom is -0.508 e. The number of hydrogen-bond donors (Lipinski definition) is 2. The first-order valence-corrected chi connectivity index (χ1v) is 5.70. The number of amides is 1. The second kappa shape index (κ2) is 6.05. The zero-order valence-corrected chi connectivity index (χ0v) is 10.5. The van der Waals surface area contributed by atoms with Crippen LogP contribution in [0, 0.1) is 5.92 Å². The van der Waals surface area contributed by atoms with Crippen molar-refractivity contribution in [1.82, 2.24) is 4.90 Å². The summed E-state index contributed by atoms with van der Waals surface area (Å²) in [5, 5.41) is 18.0. The van der Waals surface area contributed by atoms with Gasteiger partial charge in [-0.3, -0.25) is 9.59 Å². The first kappa shape index (κ1) is 14.0. The SMILES string of the molecule is CC(C)CN(CC(=O)O)C(=O)c1ccc(O)cc1. The van der Waals surface area contributed by atoms with Gasteiger partial charge in [0.1, 0.15) is 12.3 Å². The Morgan fingerprint density at radius 3 is 2.22 bits per heavy atom. The topological polar surface area (TPSA) is 77.8 Å². The normalized spacial score (nSPS) is 10.4. The molecule has 2 N–H and O–H groups in total. The number of rotatable bonds is 5. The van der Waals surface area contributed by atoms with Crippen LogP contribution in [0.5, 0.6) is 5.75 Å². The van der Waals surface area contributed by atoms with Gasteiger partial charge < -0.3 is 15.1 Å². The maximum absolute atomic E-state index is 12.1. The van der Waals surface area contributed by atoms with E-state index in [1.54, 1.807) is 0 Å². The second-order valence-corrected chi connectivity index (χ2v) is 4.52. The lowest BCUT2D eigenvalue weighted by Gasteiger charge is -2.22. The Morgan fingerprint density at radius 1 is 1.22 bits per heavy atom. The molecule has 0 aliphatic rings. The number of hydrogen-bond acceptors (Lipinski definition) is 3. The first-order chi connectivity index (χ1) is 8.40. The van der Waals surface area contributed by atoms with Crippen LogP contribution in [-0.2, 0) is 4.79 Å². The van der Waals surface area contributed by atoms with E-state index >= 15 is 0 Å². The summed E-state index contributed by atoms with van der Waals surface area (Å²) < 4.78 is 0. The number of benzene rings is 1. The number of phenols is 1. The smallest absolute Gasteiger partial charge is 0.323 e. The molecule has 0 aliphatic carbocycles. The molecule has 18 heavy (non-hydrogen) atoms. The molecular formula is C13H17NO4. The first-order valence-electron chi connectivity index (χ1n) is 5.70. The van der Waals surface area contributed by atoms with Crippen LogP contribution in [-0.4, -0.2) is 40.1 Å². The zero-order chi connectivity index (χ0) is 13.7. The van der Waals surface area contributed by atoms with E-state index < -0.39 is 5.97 Å². The van der Waals surface area contributed by atoms with E-state index in [2.05, 4.69) is 0 Å². The average molecular weight is 251 g/mol. The van der Waals surface area contributed by atoms with Crippen LogP contribution in [0.15, 0.2) is 24.3 Å². The maximum atomic E-state index is 12.1. The highest BCUT2D eigenvalue weighted by atomic mass is 16.4. The molecule has 1 aromatic carbocycles. The summed E-state index contributed by atoms with van der Waals surface area (Å²) in [6.45, 7) is 3.89. The average Bonchev–Trinajstić information content (AvgIpc) is 2.27. The highest BCUT2D eigenvalue weighted by Gasteiger charge is 2.19. The third-order valence-corrected chi connectivity index (χ3v) is 2.31. The Hall–Kier alpha value is -2.04. The Labute approximate surface area is 106 Å². The zero-order valence-electron chi connectivity index (χ0n) is 10.5. The number of carbonyl (C=O) groups excluding carboxylic acids is 1. The lowest BCUT2D eigenvalue weighted by atomic mass is 10.1. The highest BCUT2D eigenvalue weighted by molar-refractivity contribution is 5.95. The quantitative estimate of drug-likeness (QED) is 0.832. The Kier molecular flexibility index (Phi) is 4.71. The number of carboxylic acid groups (broad SMARTS) is 1. The van der Waals surface area contributed by atoms with Crippen molar-refractivity contribution in [2.75, 3.05) is 13.1 Å². The molecule has 0 radical (unpaired) electrons. The molecule has 0 saturated carbocycles. The van der Waals surface area contributed by atoms with Gasteiger partial charge in [-0.1, -0.05) is 13.8 Å². The molecule has 0 fully saturated rings. The maximum Gasteiger partial charge on any atom is 0.323 e. The Bertz CT molecular complexity index is 425. The van der Waals surface area contributed by atoms with Gasteiger partial charge in [0.25, 0.3) is 5.91 Å². The summed E-state index contributed by atoms with van der Waals surface area (Å²) in [7, 11) is 0. The van der Waals surface area contributed by atoms with Gasteiger partial charge in [-0.2, -0.15) is 0 Å². The summed E-state index contributed by atoms with van der Waals surface area (Å²) in [6.07, 6.45) is 0. The predicted molar refractivity (Wildman–Crippen MR) is 66.5 cm³/mol. The number of aromatic hydroxyl groups is 1. The van der Waals surface area contributed by atoms with E-state index in [1.165, 1.54) is 29.2 Å². The van der Waals surface area contributed by atoms with E-state index in [4.69, 9.17) is 10.2 Å². The molecule has 0 spiro atoms. The number of carbonyl (C=O) groups is 2. The minimum absolute atomic E-state index is 0.0696. The fraction of sp³-hybridized carbons (Fsp3) is 0.385. The van der Waals surface area contributed by atoms with Crippen LogP contribution in [0.2, 0.25) is 0 Å². The molecular weight excluding hydrogens is 234 g/mol. The number of phenolic OH excluding ortho intramolecular Hbond substituents is 1. The van der Waals surface area contributed by atoms with E-state index in [1.807, 2.05) is 13.8 Å². The molecule has 0 saturated heterocycles. The fourth-order valence-corrected chi connectivity index (χ4v) is 1.61. The molecule has 1 aromatic rings. The van der Waals surface area contributed by atoms with E-state index in [0.717, 1.165) is 0 Å². The van der Waals surface area contributed by atoms with Crippen molar-refractivity contribution in [1.29, 1.82) is 0 Å². The Balaban J connectivity index is 2.87. The van der Waals surface area contributed by atoms with Gasteiger partial charge in [0.15, 0.2) is 0 Å². The van der Waals surface area contributed by atoms with E-state index in [0.29, 0.717) is 12.1 Å². The number of aliphatic carboxylic acids is 1. The lowest BCUT2D eigenvalue weighted by Crippen LogP contribution is -2.38. The summed E-state index contributed by atoms with van der Waals surface area (Å²) in [4.78, 5) is 24.1. The van der Waals surface area contributed by atoms with Crippen LogP contribution in [0.3, 0.4) is 0 Å². The molecule has 5 nitrogen and oxygen atoms in total. The van der Waals surface area contributed by atoms with Crippen molar-refractivity contribution < 1.29 is 19.8 Å². The van der Waals surface area contributed by atoms with Crippen LogP contribution in [0.4, 0.5) is 0 Å². The standard InChI is InChI=1S/C13H17NO4/c1-9(2)7-14(8-12(16)17)13(18)10-3-5-11(15)6-4-10/h3-6,9,15H,7-8H2,1-2H3,(H,16,17). The van der Waals surface area contributed by atoms with Crippen molar-refractivity contribution >= 4 is 11.9 Å². The van der Waals surface area contributed by atoms with Crippen molar-refractivity contribution in [3.05, 3.63) is 29.8 Å². The van der Waals surface area contributed by atoms with Crippen molar-refractivity contribution in [2.45, 2.75) is 13.8 Å². The fourth-order valence-electron chi connectivity index (χ4n) is 1.61. The molecule has 98 valence electrons. The lowest BCUT2D eigenvalue weighted by molar-refractivity contribution is -0.137. The summed E-state index contributed by atoms with van der Waals surface area (Å²) in [5.41, 5.74) is 0.370. The number of nitrogens with zero attached hydrogens (tertiary/aromatic N) is 1. The molecule has 0 aromatic heterocycles. The van der Waals surface area contributed by atoms with Gasteiger partial charge in [-0.05, 0) is 30.2 Å². The van der Waals surface area contributed by atoms with E-state index in [-0.39, 0.29) is 24.1 Å². The van der Waals surface area contributed by atoms with Crippen molar-refractivity contribution in [2.24, 2.45) is 5.92 Å². The van der Waals surface area contributed by atoms with Crippen LogP contribution >= 0.6 is 0 Å². The molecule has 0 bridgehead atoms. The summed E-state index contributed by atoms with van der Waals surface area (Å²) >= 11 is 0. The molecule has 0 aliphatic heterocycles. The summed E-state index contributed by atoms with van der Waals surface area (Å²) in [6, 6.07) is 5.77. The van der Waals surface area contributed by atoms with E-state index in [9.17, 15) is 9.59 Å². The Morgan fingerprint density at radius 2 is 1.78 bits per heavy atom. The highest BCUT2D eigenvalue weighted by Crippen LogP contribution is 2.12. The van der Waals surface area contributed by atoms with Gasteiger partial charge in [0, 0.05) is 12.1 Å². The van der Waals surface area contributed by atoms with Gasteiger partial charge in [0.2, 0.25) is 0 Å². The molecule has 5 heteroatoms. The largest absolute Gasteiger partial charge is 0.508 e. The third kappa shape index (κ3) is 4.08. The summed E-state index contributed by atoms with van der Waals surface area (Å²) in [5.74, 6) is -1.13.